The summed E-state index contributed by atoms with van der Waals surface area (Å²) in [5.41, 5.74) is 6.27. The van der Waals surface area contributed by atoms with E-state index in [-0.39, 0.29) is 11.5 Å². The van der Waals surface area contributed by atoms with Gasteiger partial charge in [-0.25, -0.2) is 19.5 Å². The minimum Gasteiger partial charge on any atom is -0.438 e. The van der Waals surface area contributed by atoms with Crippen molar-refractivity contribution in [3.63, 3.8) is 0 Å². The van der Waals surface area contributed by atoms with Crippen LogP contribution in [0.1, 0.15) is 28.3 Å². The van der Waals surface area contributed by atoms with Crippen LogP contribution in [0.4, 0.5) is 0 Å². The van der Waals surface area contributed by atoms with Crippen LogP contribution in [0.2, 0.25) is 0 Å². The molecule has 3 aromatic carbocycles. The van der Waals surface area contributed by atoms with E-state index in [9.17, 15) is 0 Å². The Morgan fingerprint density at radius 3 is 2.62 bits per heavy atom. The van der Waals surface area contributed by atoms with Crippen LogP contribution in [0.15, 0.2) is 94.1 Å². The van der Waals surface area contributed by atoms with Gasteiger partial charge in [0.05, 0.1) is 11.1 Å². The number of aryl methyl sites for hydroxylation is 1. The van der Waals surface area contributed by atoms with E-state index in [0.717, 1.165) is 43.1 Å². The molecule has 0 saturated carbocycles. The van der Waals surface area contributed by atoms with Gasteiger partial charge in [0.2, 0.25) is 11.4 Å². The number of pyridine rings is 1. The van der Waals surface area contributed by atoms with E-state index in [0.29, 0.717) is 34.2 Å². The molecule has 1 N–H and O–H groups in total. The molecule has 8 rings (SSSR count). The molecule has 5 heterocycles. The van der Waals surface area contributed by atoms with Crippen LogP contribution in [-0.4, -0.2) is 24.6 Å². The van der Waals surface area contributed by atoms with Gasteiger partial charge in [-0.15, -0.1) is 5.10 Å². The van der Waals surface area contributed by atoms with Crippen LogP contribution in [0, 0.1) is 12.3 Å². The number of ether oxygens (including phenoxy) is 1. The summed E-state index contributed by atoms with van der Waals surface area (Å²) < 4.78 is 14.8. The molecule has 1 atom stereocenters. The number of rotatable bonds is 2. The van der Waals surface area contributed by atoms with Crippen molar-refractivity contribution in [2.24, 2.45) is 0 Å². The average Bonchev–Trinajstić information content (AvgIpc) is 3.40. The van der Waals surface area contributed by atoms with Gasteiger partial charge in [0, 0.05) is 32.4 Å². The van der Waals surface area contributed by atoms with Gasteiger partial charge in [0.1, 0.15) is 17.4 Å². The molecule has 4 aromatic heterocycles. The highest BCUT2D eigenvalue weighted by atomic mass is 79.9. The number of aromatic nitrogens is 5. The number of nitrogens with one attached hydrogen (secondary N) is 1. The summed E-state index contributed by atoms with van der Waals surface area (Å²) in [6, 6.07) is 26.1. The highest BCUT2D eigenvalue weighted by molar-refractivity contribution is 9.10. The molecule has 0 spiro atoms. The minimum atomic E-state index is -0.214. The molecule has 0 aliphatic carbocycles. The molecular weight excluding hydrogens is 568 g/mol. The van der Waals surface area contributed by atoms with E-state index < -0.39 is 0 Å². The first-order chi connectivity index (χ1) is 19.5. The van der Waals surface area contributed by atoms with Gasteiger partial charge in [0.15, 0.2) is 17.2 Å². The summed E-state index contributed by atoms with van der Waals surface area (Å²) in [6.45, 7) is 1.97. The van der Waals surface area contributed by atoms with Crippen LogP contribution in [0.5, 0.6) is 11.6 Å². The maximum atomic E-state index is 8.57. The molecule has 9 heteroatoms. The lowest BCUT2D eigenvalue weighted by Gasteiger charge is -2.28. The third-order valence-corrected chi connectivity index (χ3v) is 7.77. The monoisotopic (exact) mass is 586 g/mol. The highest BCUT2D eigenvalue weighted by Crippen LogP contribution is 2.49. The molecule has 1 unspecified atom stereocenters. The van der Waals surface area contributed by atoms with Gasteiger partial charge in [-0.1, -0.05) is 70.5 Å². The molecule has 1 aliphatic rings. The predicted molar refractivity (Wildman–Crippen MR) is 153 cm³/mol. The summed E-state index contributed by atoms with van der Waals surface area (Å²) in [7, 11) is 0. The first kappa shape index (κ1) is 23.0. The second kappa shape index (κ2) is 8.56. The Morgan fingerprint density at radius 1 is 0.925 bits per heavy atom. The normalized spacial score (nSPS) is 14.3. The number of hydrogen-bond donors (Lipinski definition) is 1. The number of halogens is 1. The van der Waals surface area contributed by atoms with Crippen LogP contribution in [0.25, 0.3) is 38.9 Å². The van der Waals surface area contributed by atoms with Gasteiger partial charge < -0.3 is 9.15 Å². The Hall–Kier alpha value is -4.89. The lowest BCUT2D eigenvalue weighted by molar-refractivity contribution is 0.436. The quantitative estimate of drug-likeness (QED) is 0.236. The van der Waals surface area contributed by atoms with Gasteiger partial charge in [0.25, 0.3) is 0 Å². The standard InChI is InChI=1S/C31H19BrN6O2/c1-16-7-8-18-10-12-21-24(17-5-3-2-4-6-17)25-30-36-29(22-13-19-9-11-20(32)14-23(19)39-28(22)33)37-38(30)15-34-31(25)40-27(21)26(18)35-16/h2-15,24,33H,1H3. The third-order valence-electron chi connectivity index (χ3n) is 7.28. The second-order valence-corrected chi connectivity index (χ2v) is 10.7. The SMILES string of the molecule is Cc1ccc2ccc3c(c2n1)Oc1ncn2nc(-c4cc5ccc(Br)cc5oc4=N)nc2c1C3c1ccccc1. The lowest BCUT2D eigenvalue weighted by Crippen LogP contribution is -2.15. The summed E-state index contributed by atoms with van der Waals surface area (Å²) in [5, 5.41) is 15.1. The zero-order valence-corrected chi connectivity index (χ0v) is 22.7. The average molecular weight is 587 g/mol. The maximum absolute atomic E-state index is 8.57. The van der Waals surface area contributed by atoms with Crippen LogP contribution < -0.4 is 10.3 Å². The topological polar surface area (TPSA) is 102 Å². The summed E-state index contributed by atoms with van der Waals surface area (Å²) in [6.07, 6.45) is 1.60. The summed E-state index contributed by atoms with van der Waals surface area (Å²) >= 11 is 3.46. The van der Waals surface area contributed by atoms with Crippen molar-refractivity contribution in [3.05, 3.63) is 118 Å². The fraction of sp³-hybridized carbons (Fsp3) is 0.0645. The Morgan fingerprint density at radius 2 is 1.75 bits per heavy atom. The van der Waals surface area contributed by atoms with E-state index in [4.69, 9.17) is 29.6 Å². The van der Waals surface area contributed by atoms with Gasteiger partial charge in [-0.3, -0.25) is 5.41 Å². The fourth-order valence-electron chi connectivity index (χ4n) is 5.43. The smallest absolute Gasteiger partial charge is 0.228 e. The van der Waals surface area contributed by atoms with Crippen molar-refractivity contribution in [2.45, 2.75) is 12.8 Å². The number of nitrogens with zero attached hydrogens (tertiary/aromatic N) is 5. The molecule has 192 valence electrons. The van der Waals surface area contributed by atoms with E-state index in [1.165, 1.54) is 0 Å². The second-order valence-electron chi connectivity index (χ2n) is 9.79. The predicted octanol–water partition coefficient (Wildman–Crippen LogP) is 6.92. The molecule has 0 amide bonds. The molecule has 40 heavy (non-hydrogen) atoms. The lowest BCUT2D eigenvalue weighted by atomic mass is 9.83. The summed E-state index contributed by atoms with van der Waals surface area (Å²) in [5.74, 6) is 1.33. The zero-order chi connectivity index (χ0) is 27.0. The minimum absolute atomic E-state index is 0.0162. The number of benzene rings is 3. The maximum Gasteiger partial charge on any atom is 0.228 e. The third kappa shape index (κ3) is 3.48. The van der Waals surface area contributed by atoms with Crippen molar-refractivity contribution in [1.82, 2.24) is 24.6 Å². The van der Waals surface area contributed by atoms with Crippen molar-refractivity contribution in [3.8, 4) is 23.0 Å². The van der Waals surface area contributed by atoms with Crippen molar-refractivity contribution in [2.75, 3.05) is 0 Å². The molecule has 0 radical (unpaired) electrons. The Kier molecular flexibility index (Phi) is 4.93. The zero-order valence-electron chi connectivity index (χ0n) is 21.1. The molecule has 0 bridgehead atoms. The Labute approximate surface area is 235 Å². The molecule has 7 aromatic rings. The van der Waals surface area contributed by atoms with Gasteiger partial charge in [-0.2, -0.15) is 0 Å². The Bertz CT molecular complexity index is 2210. The number of hydrogen-bond acceptors (Lipinski definition) is 7. The van der Waals surface area contributed by atoms with E-state index in [2.05, 4.69) is 51.2 Å². The fourth-order valence-corrected chi connectivity index (χ4v) is 5.77. The van der Waals surface area contributed by atoms with Crippen molar-refractivity contribution < 1.29 is 9.15 Å². The van der Waals surface area contributed by atoms with Gasteiger partial charge in [-0.05, 0) is 36.8 Å². The molecular formula is C31H19BrN6O2. The van der Waals surface area contributed by atoms with E-state index in [1.807, 2.05) is 55.5 Å². The van der Waals surface area contributed by atoms with Crippen molar-refractivity contribution >= 4 is 43.4 Å². The van der Waals surface area contributed by atoms with E-state index >= 15 is 0 Å². The van der Waals surface area contributed by atoms with Crippen LogP contribution >= 0.6 is 15.9 Å². The highest BCUT2D eigenvalue weighted by Gasteiger charge is 2.34. The largest absolute Gasteiger partial charge is 0.438 e. The van der Waals surface area contributed by atoms with Gasteiger partial charge >= 0.3 is 0 Å². The molecule has 1 aliphatic heterocycles. The first-order valence-electron chi connectivity index (χ1n) is 12.7. The van der Waals surface area contributed by atoms with E-state index in [1.54, 1.807) is 10.8 Å². The number of fused-ring (bicyclic) bond motifs is 7. The summed E-state index contributed by atoms with van der Waals surface area (Å²) in [4.78, 5) is 14.4. The van der Waals surface area contributed by atoms with Crippen LogP contribution in [0.3, 0.4) is 0 Å². The van der Waals surface area contributed by atoms with Crippen LogP contribution in [-0.2, 0) is 0 Å². The van der Waals surface area contributed by atoms with Crippen molar-refractivity contribution in [1.29, 1.82) is 5.41 Å². The first-order valence-corrected chi connectivity index (χ1v) is 13.5. The Balaban J connectivity index is 1.38. The molecule has 0 saturated heterocycles. The molecule has 8 nitrogen and oxygen atoms in total. The molecule has 0 fully saturated rings.